The van der Waals surface area contributed by atoms with Gasteiger partial charge >= 0.3 is 0 Å². The van der Waals surface area contributed by atoms with E-state index >= 15 is 0 Å². The summed E-state index contributed by atoms with van der Waals surface area (Å²) in [6, 6.07) is 0. The first-order chi connectivity index (χ1) is 6.99. The molecule has 0 fully saturated rings. The van der Waals surface area contributed by atoms with Crippen molar-refractivity contribution < 1.29 is 0 Å². The van der Waals surface area contributed by atoms with E-state index in [1.807, 2.05) is 0 Å². The Morgan fingerprint density at radius 3 is 1.93 bits per heavy atom. The van der Waals surface area contributed by atoms with Gasteiger partial charge in [0.15, 0.2) is 0 Å². The minimum Gasteiger partial charge on any atom is -0.0840 e. The molecular formula is C15H28. The Kier molecular flexibility index (Phi) is 7.46. The topological polar surface area (TPSA) is 0 Å². The predicted molar refractivity (Wildman–Crippen MR) is 71.1 cm³/mol. The SMILES string of the molecule is CCCC(=CC=CCC(C)(C)C)CCC. The molecule has 0 amide bonds. The van der Waals surface area contributed by atoms with E-state index in [2.05, 4.69) is 52.8 Å². The summed E-state index contributed by atoms with van der Waals surface area (Å²) in [6.45, 7) is 11.3. The minimum absolute atomic E-state index is 0.417. The molecule has 0 atom stereocenters. The van der Waals surface area contributed by atoms with Gasteiger partial charge < -0.3 is 0 Å². The lowest BCUT2D eigenvalue weighted by atomic mass is 9.92. The Morgan fingerprint density at radius 1 is 1.00 bits per heavy atom. The van der Waals surface area contributed by atoms with Gasteiger partial charge in [0.1, 0.15) is 0 Å². The van der Waals surface area contributed by atoms with Crippen LogP contribution in [0.4, 0.5) is 0 Å². The van der Waals surface area contributed by atoms with Crippen LogP contribution in [0.15, 0.2) is 23.8 Å². The Labute approximate surface area is 96.5 Å². The molecular weight excluding hydrogens is 180 g/mol. The van der Waals surface area contributed by atoms with Crippen molar-refractivity contribution in [3.8, 4) is 0 Å². The van der Waals surface area contributed by atoms with E-state index in [1.165, 1.54) is 25.7 Å². The first kappa shape index (κ1) is 14.5. The molecule has 0 radical (unpaired) electrons. The number of hydrogen-bond acceptors (Lipinski definition) is 0. The summed E-state index contributed by atoms with van der Waals surface area (Å²) in [5.41, 5.74) is 2.02. The average molecular weight is 208 g/mol. The van der Waals surface area contributed by atoms with Gasteiger partial charge in [0.2, 0.25) is 0 Å². The normalized spacial score (nSPS) is 12.1. The molecule has 0 spiro atoms. The van der Waals surface area contributed by atoms with E-state index in [9.17, 15) is 0 Å². The van der Waals surface area contributed by atoms with Crippen LogP contribution < -0.4 is 0 Å². The predicted octanol–water partition coefficient (Wildman–Crippen LogP) is 5.51. The third-order valence-corrected chi connectivity index (χ3v) is 2.34. The van der Waals surface area contributed by atoms with Crippen molar-refractivity contribution in [2.24, 2.45) is 5.41 Å². The lowest BCUT2D eigenvalue weighted by Gasteiger charge is -2.14. The highest BCUT2D eigenvalue weighted by Gasteiger charge is 2.05. The molecule has 0 N–H and O–H groups in total. The molecule has 0 aliphatic carbocycles. The number of rotatable bonds is 6. The molecule has 0 aromatic carbocycles. The maximum absolute atomic E-state index is 2.32. The highest BCUT2D eigenvalue weighted by atomic mass is 14.1. The third kappa shape index (κ3) is 9.78. The van der Waals surface area contributed by atoms with Crippen LogP contribution in [0.25, 0.3) is 0 Å². The second-order valence-electron chi connectivity index (χ2n) is 5.52. The Balaban J connectivity index is 4.07. The van der Waals surface area contributed by atoms with Crippen LogP contribution in [-0.2, 0) is 0 Å². The zero-order valence-corrected chi connectivity index (χ0v) is 11.3. The van der Waals surface area contributed by atoms with Crippen LogP contribution >= 0.6 is 0 Å². The van der Waals surface area contributed by atoms with Gasteiger partial charge in [0.05, 0.1) is 0 Å². The summed E-state index contributed by atoms with van der Waals surface area (Å²) < 4.78 is 0. The van der Waals surface area contributed by atoms with Crippen molar-refractivity contribution in [1.29, 1.82) is 0 Å². The molecule has 0 saturated heterocycles. The van der Waals surface area contributed by atoms with Crippen molar-refractivity contribution in [2.75, 3.05) is 0 Å². The molecule has 0 aliphatic heterocycles. The second kappa shape index (κ2) is 7.73. The summed E-state index contributed by atoms with van der Waals surface area (Å²) in [5, 5.41) is 0. The van der Waals surface area contributed by atoms with Crippen molar-refractivity contribution >= 4 is 0 Å². The zero-order chi connectivity index (χ0) is 11.7. The maximum atomic E-state index is 2.32. The van der Waals surface area contributed by atoms with E-state index in [0.29, 0.717) is 5.41 Å². The van der Waals surface area contributed by atoms with Gasteiger partial charge in [-0.15, -0.1) is 0 Å². The fraction of sp³-hybridized carbons (Fsp3) is 0.733. The summed E-state index contributed by atoms with van der Waals surface area (Å²) in [7, 11) is 0. The van der Waals surface area contributed by atoms with Gasteiger partial charge in [-0.05, 0) is 24.7 Å². The Hall–Kier alpha value is -0.520. The molecule has 0 unspecified atom stereocenters. The monoisotopic (exact) mass is 208 g/mol. The molecule has 0 heterocycles. The average Bonchev–Trinajstić information content (AvgIpc) is 2.11. The second-order valence-corrected chi connectivity index (χ2v) is 5.52. The van der Waals surface area contributed by atoms with Crippen molar-refractivity contribution in [3.63, 3.8) is 0 Å². The van der Waals surface area contributed by atoms with Gasteiger partial charge in [-0.3, -0.25) is 0 Å². The maximum Gasteiger partial charge on any atom is -0.0299 e. The lowest BCUT2D eigenvalue weighted by molar-refractivity contribution is 0.420. The smallest absolute Gasteiger partial charge is 0.0299 e. The van der Waals surface area contributed by atoms with Crippen LogP contribution in [0.5, 0.6) is 0 Å². The van der Waals surface area contributed by atoms with Gasteiger partial charge in [0, 0.05) is 0 Å². The first-order valence-electron chi connectivity index (χ1n) is 6.34. The van der Waals surface area contributed by atoms with Crippen LogP contribution in [0.1, 0.15) is 66.7 Å². The molecule has 0 aromatic heterocycles. The van der Waals surface area contributed by atoms with E-state index in [0.717, 1.165) is 6.42 Å². The highest BCUT2D eigenvalue weighted by Crippen LogP contribution is 2.19. The molecule has 0 bridgehead atoms. The van der Waals surface area contributed by atoms with E-state index < -0.39 is 0 Å². The van der Waals surface area contributed by atoms with Gasteiger partial charge in [-0.1, -0.05) is 71.3 Å². The largest absolute Gasteiger partial charge is 0.0840 e. The standard InChI is InChI=1S/C15H28/c1-6-10-14(11-7-2)12-8-9-13-15(3,4)5/h8-9,12H,6-7,10-11,13H2,1-5H3. The fourth-order valence-electron chi connectivity index (χ4n) is 1.56. The molecule has 0 aromatic rings. The fourth-order valence-corrected chi connectivity index (χ4v) is 1.56. The molecule has 0 saturated carbocycles. The lowest BCUT2D eigenvalue weighted by Crippen LogP contribution is -2.01. The number of hydrogen-bond donors (Lipinski definition) is 0. The van der Waals surface area contributed by atoms with Crippen molar-refractivity contribution in [2.45, 2.75) is 66.7 Å². The van der Waals surface area contributed by atoms with E-state index in [1.54, 1.807) is 5.57 Å². The van der Waals surface area contributed by atoms with Crippen molar-refractivity contribution in [1.82, 2.24) is 0 Å². The molecule has 0 nitrogen and oxygen atoms in total. The van der Waals surface area contributed by atoms with Crippen LogP contribution in [0, 0.1) is 5.41 Å². The molecule has 0 rings (SSSR count). The van der Waals surface area contributed by atoms with Crippen LogP contribution in [-0.4, -0.2) is 0 Å². The van der Waals surface area contributed by atoms with E-state index in [4.69, 9.17) is 0 Å². The molecule has 0 aliphatic rings. The number of allylic oxidation sites excluding steroid dienone is 4. The minimum atomic E-state index is 0.417. The quantitative estimate of drug-likeness (QED) is 0.505. The third-order valence-electron chi connectivity index (χ3n) is 2.34. The van der Waals surface area contributed by atoms with Gasteiger partial charge in [-0.25, -0.2) is 0 Å². The summed E-state index contributed by atoms with van der Waals surface area (Å²) >= 11 is 0. The zero-order valence-electron chi connectivity index (χ0n) is 11.3. The first-order valence-corrected chi connectivity index (χ1v) is 6.34. The molecule has 0 heteroatoms. The summed E-state index contributed by atoms with van der Waals surface area (Å²) in [5.74, 6) is 0. The van der Waals surface area contributed by atoms with E-state index in [-0.39, 0.29) is 0 Å². The van der Waals surface area contributed by atoms with Crippen LogP contribution in [0.3, 0.4) is 0 Å². The molecule has 88 valence electrons. The van der Waals surface area contributed by atoms with Crippen molar-refractivity contribution in [3.05, 3.63) is 23.8 Å². The van der Waals surface area contributed by atoms with Crippen LogP contribution in [0.2, 0.25) is 0 Å². The van der Waals surface area contributed by atoms with Gasteiger partial charge in [-0.2, -0.15) is 0 Å². The summed E-state index contributed by atoms with van der Waals surface area (Å²) in [4.78, 5) is 0. The molecule has 15 heavy (non-hydrogen) atoms. The van der Waals surface area contributed by atoms with Gasteiger partial charge in [0.25, 0.3) is 0 Å². The summed E-state index contributed by atoms with van der Waals surface area (Å²) in [6.07, 6.45) is 13.1. The Bertz CT molecular complexity index is 193. The highest BCUT2D eigenvalue weighted by molar-refractivity contribution is 5.12. The Morgan fingerprint density at radius 2 is 1.53 bits per heavy atom.